The van der Waals surface area contributed by atoms with E-state index >= 15 is 0 Å². The maximum Gasteiger partial charge on any atom is 0.339 e. The highest BCUT2D eigenvalue weighted by Crippen LogP contribution is 2.22. The van der Waals surface area contributed by atoms with Crippen molar-refractivity contribution in [3.05, 3.63) is 29.6 Å². The highest BCUT2D eigenvalue weighted by atomic mass is 19.1. The molecule has 0 aromatic heterocycles. The lowest BCUT2D eigenvalue weighted by Crippen LogP contribution is -2.06. The Kier molecular flexibility index (Phi) is 4.03. The van der Waals surface area contributed by atoms with Crippen LogP contribution in [0.2, 0.25) is 0 Å². The van der Waals surface area contributed by atoms with E-state index < -0.39 is 18.5 Å². The molecule has 0 aliphatic carbocycles. The molecule has 0 aliphatic rings. The second-order valence-electron chi connectivity index (χ2n) is 2.81. The summed E-state index contributed by atoms with van der Waals surface area (Å²) >= 11 is 0. The van der Waals surface area contributed by atoms with Crippen molar-refractivity contribution in [3.63, 3.8) is 0 Å². The highest BCUT2D eigenvalue weighted by Gasteiger charge is 2.15. The van der Waals surface area contributed by atoms with Crippen LogP contribution in [0, 0.1) is 5.82 Å². The van der Waals surface area contributed by atoms with Gasteiger partial charge in [-0.1, -0.05) is 6.07 Å². The molecule has 15 heavy (non-hydrogen) atoms. The summed E-state index contributed by atoms with van der Waals surface area (Å²) in [4.78, 5) is 10.7. The molecule has 0 fully saturated rings. The monoisotopic (exact) mass is 216 g/mol. The number of hydrogen-bond donors (Lipinski definition) is 1. The van der Waals surface area contributed by atoms with Crippen LogP contribution >= 0.6 is 0 Å². The molecule has 0 heterocycles. The van der Waals surface area contributed by atoms with Crippen LogP contribution in [-0.2, 0) is 0 Å². The summed E-state index contributed by atoms with van der Waals surface area (Å²) in [6, 6.07) is 3.61. The van der Waals surface area contributed by atoms with E-state index in [0.717, 1.165) is 6.07 Å². The van der Waals surface area contributed by atoms with Crippen molar-refractivity contribution >= 4 is 5.97 Å². The molecule has 0 saturated heterocycles. The van der Waals surface area contributed by atoms with Gasteiger partial charge in [0.25, 0.3) is 0 Å². The number of aromatic carboxylic acids is 1. The number of halogens is 2. The fourth-order valence-corrected chi connectivity index (χ4v) is 1.05. The maximum absolute atomic E-state index is 13.2. The molecular weight excluding hydrogens is 206 g/mol. The van der Waals surface area contributed by atoms with Gasteiger partial charge >= 0.3 is 5.97 Å². The lowest BCUT2D eigenvalue weighted by atomic mass is 10.2. The Hall–Kier alpha value is -1.65. The number of ether oxygens (including phenoxy) is 1. The van der Waals surface area contributed by atoms with Gasteiger partial charge in [0.15, 0.2) is 11.6 Å². The largest absolute Gasteiger partial charge is 0.489 e. The SMILES string of the molecule is O=C(O)c1cccc(F)c1OCCCF. The van der Waals surface area contributed by atoms with E-state index in [1.807, 2.05) is 0 Å². The van der Waals surface area contributed by atoms with E-state index in [1.54, 1.807) is 0 Å². The number of para-hydroxylation sites is 1. The van der Waals surface area contributed by atoms with E-state index in [9.17, 15) is 13.6 Å². The minimum absolute atomic E-state index is 0.0439. The molecule has 3 nitrogen and oxygen atoms in total. The standard InChI is InChI=1S/C10H10F2O3/c11-5-2-6-15-9-7(10(13)14)3-1-4-8(9)12/h1,3-4H,2,5-6H2,(H,13,14). The van der Waals surface area contributed by atoms with Crippen molar-refractivity contribution in [2.75, 3.05) is 13.3 Å². The molecule has 1 aromatic rings. The first-order chi connectivity index (χ1) is 7.16. The summed E-state index contributed by atoms with van der Waals surface area (Å²) in [7, 11) is 0. The van der Waals surface area contributed by atoms with Crippen LogP contribution in [0.1, 0.15) is 16.8 Å². The molecule has 0 radical (unpaired) electrons. The second-order valence-corrected chi connectivity index (χ2v) is 2.81. The summed E-state index contributed by atoms with van der Waals surface area (Å²) in [5.41, 5.74) is -0.256. The molecule has 0 atom stereocenters. The van der Waals surface area contributed by atoms with Crippen LogP contribution in [0.15, 0.2) is 18.2 Å². The van der Waals surface area contributed by atoms with Crippen LogP contribution in [0.25, 0.3) is 0 Å². The summed E-state index contributed by atoms with van der Waals surface area (Å²) in [5, 5.41) is 8.73. The van der Waals surface area contributed by atoms with Gasteiger partial charge in [0.1, 0.15) is 5.56 Å². The minimum Gasteiger partial charge on any atom is -0.489 e. The zero-order valence-electron chi connectivity index (χ0n) is 7.87. The maximum atomic E-state index is 13.2. The first-order valence-electron chi connectivity index (χ1n) is 4.37. The smallest absolute Gasteiger partial charge is 0.339 e. The molecule has 0 spiro atoms. The van der Waals surface area contributed by atoms with Gasteiger partial charge in [-0.2, -0.15) is 0 Å². The third kappa shape index (κ3) is 2.90. The van der Waals surface area contributed by atoms with Crippen LogP contribution in [0.3, 0.4) is 0 Å². The van der Waals surface area contributed by atoms with Gasteiger partial charge in [-0.3, -0.25) is 4.39 Å². The average molecular weight is 216 g/mol. The van der Waals surface area contributed by atoms with Crippen molar-refractivity contribution in [2.24, 2.45) is 0 Å². The van der Waals surface area contributed by atoms with Crippen LogP contribution < -0.4 is 4.74 Å². The van der Waals surface area contributed by atoms with Gasteiger partial charge in [0, 0.05) is 6.42 Å². The Morgan fingerprint density at radius 1 is 1.47 bits per heavy atom. The van der Waals surface area contributed by atoms with Crippen molar-refractivity contribution in [3.8, 4) is 5.75 Å². The van der Waals surface area contributed by atoms with Gasteiger partial charge < -0.3 is 9.84 Å². The Morgan fingerprint density at radius 3 is 2.80 bits per heavy atom. The zero-order valence-corrected chi connectivity index (χ0v) is 7.87. The van der Waals surface area contributed by atoms with Gasteiger partial charge in [-0.05, 0) is 12.1 Å². The van der Waals surface area contributed by atoms with Crippen LogP contribution in [-0.4, -0.2) is 24.4 Å². The summed E-state index contributed by atoms with van der Waals surface area (Å²) in [5.74, 6) is -2.36. The van der Waals surface area contributed by atoms with Crippen molar-refractivity contribution in [2.45, 2.75) is 6.42 Å². The molecule has 5 heteroatoms. The van der Waals surface area contributed by atoms with E-state index in [1.165, 1.54) is 12.1 Å². The Balaban J connectivity index is 2.87. The number of alkyl halides is 1. The molecule has 82 valence electrons. The Morgan fingerprint density at radius 2 is 2.20 bits per heavy atom. The molecule has 0 amide bonds. The molecule has 0 unspecified atom stereocenters. The van der Waals surface area contributed by atoms with Crippen molar-refractivity contribution in [1.29, 1.82) is 0 Å². The Labute approximate surface area is 85.3 Å². The normalized spacial score (nSPS) is 10.0. The number of rotatable bonds is 5. The average Bonchev–Trinajstić information content (AvgIpc) is 2.20. The molecule has 1 rings (SSSR count). The predicted molar refractivity (Wildman–Crippen MR) is 49.4 cm³/mol. The number of carboxylic acid groups (broad SMARTS) is 1. The second kappa shape index (κ2) is 5.29. The molecule has 1 N–H and O–H groups in total. The lowest BCUT2D eigenvalue weighted by molar-refractivity contribution is 0.0691. The van der Waals surface area contributed by atoms with Gasteiger partial charge in [-0.25, -0.2) is 9.18 Å². The molecule has 1 aromatic carbocycles. The lowest BCUT2D eigenvalue weighted by Gasteiger charge is -2.08. The number of hydrogen-bond acceptors (Lipinski definition) is 2. The van der Waals surface area contributed by atoms with Gasteiger partial charge in [-0.15, -0.1) is 0 Å². The first-order valence-corrected chi connectivity index (χ1v) is 4.37. The molecule has 0 saturated carbocycles. The summed E-state index contributed by atoms with van der Waals surface area (Å²) < 4.78 is 29.8. The number of benzene rings is 1. The van der Waals surface area contributed by atoms with E-state index in [0.29, 0.717) is 0 Å². The van der Waals surface area contributed by atoms with E-state index in [-0.39, 0.29) is 24.3 Å². The molecule has 0 aliphatic heterocycles. The predicted octanol–water partition coefficient (Wildman–Crippen LogP) is 2.26. The fraction of sp³-hybridized carbons (Fsp3) is 0.300. The van der Waals surface area contributed by atoms with Crippen LogP contribution in [0.5, 0.6) is 5.75 Å². The summed E-state index contributed by atoms with van der Waals surface area (Å²) in [6.45, 7) is -0.630. The van der Waals surface area contributed by atoms with Gasteiger partial charge in [0.2, 0.25) is 0 Å². The summed E-state index contributed by atoms with van der Waals surface area (Å²) in [6.07, 6.45) is 0.105. The fourth-order valence-electron chi connectivity index (χ4n) is 1.05. The van der Waals surface area contributed by atoms with E-state index in [4.69, 9.17) is 9.84 Å². The zero-order chi connectivity index (χ0) is 11.3. The van der Waals surface area contributed by atoms with Gasteiger partial charge in [0.05, 0.1) is 13.3 Å². The minimum atomic E-state index is -1.27. The van der Waals surface area contributed by atoms with E-state index in [2.05, 4.69) is 0 Å². The highest BCUT2D eigenvalue weighted by molar-refractivity contribution is 5.90. The molecular formula is C10H10F2O3. The first kappa shape index (κ1) is 11.4. The number of carbonyl (C=O) groups is 1. The molecule has 0 bridgehead atoms. The Bertz CT molecular complexity index is 353. The third-order valence-electron chi connectivity index (χ3n) is 1.72. The van der Waals surface area contributed by atoms with Crippen molar-refractivity contribution < 1.29 is 23.4 Å². The third-order valence-corrected chi connectivity index (χ3v) is 1.72. The topological polar surface area (TPSA) is 46.5 Å². The number of carboxylic acids is 1. The van der Waals surface area contributed by atoms with Crippen LogP contribution in [0.4, 0.5) is 8.78 Å². The quantitative estimate of drug-likeness (QED) is 0.768. The van der Waals surface area contributed by atoms with Crippen molar-refractivity contribution in [1.82, 2.24) is 0 Å².